The van der Waals surface area contributed by atoms with Gasteiger partial charge in [0.05, 0.1) is 0 Å². The minimum absolute atomic E-state index is 0.621. The van der Waals surface area contributed by atoms with E-state index in [2.05, 4.69) is 35.1 Å². The highest BCUT2D eigenvalue weighted by molar-refractivity contribution is 7.99. The quantitative estimate of drug-likeness (QED) is 0.779. The summed E-state index contributed by atoms with van der Waals surface area (Å²) in [5.41, 5.74) is 2.18. The average Bonchev–Trinajstić information content (AvgIpc) is 2.98. The Morgan fingerprint density at radius 1 is 1.27 bits per heavy atom. The van der Waals surface area contributed by atoms with Gasteiger partial charge in [0.1, 0.15) is 0 Å². The fourth-order valence-corrected chi connectivity index (χ4v) is 3.78. The molecule has 3 rings (SSSR count). The van der Waals surface area contributed by atoms with Crippen molar-refractivity contribution < 1.29 is 4.42 Å². The first-order chi connectivity index (χ1) is 10.7. The van der Waals surface area contributed by atoms with E-state index < -0.39 is 0 Å². The van der Waals surface area contributed by atoms with Crippen LogP contribution in [0.4, 0.5) is 0 Å². The standard InChI is InChI=1S/C17H23N3OS/c1-13-7-3-4-9-15(13)16-18-19-17(21-16)22-12-10-14-8-5-6-11-20(14)2/h3-4,7,9,14H,5-6,8,10-12H2,1-2H3. The molecule has 1 aliphatic rings. The molecule has 1 unspecified atom stereocenters. The van der Waals surface area contributed by atoms with Gasteiger partial charge in [-0.15, -0.1) is 10.2 Å². The number of rotatable bonds is 5. The Morgan fingerprint density at radius 3 is 2.95 bits per heavy atom. The van der Waals surface area contributed by atoms with Gasteiger partial charge in [0.2, 0.25) is 5.89 Å². The number of piperidine rings is 1. The molecule has 0 spiro atoms. The smallest absolute Gasteiger partial charge is 0.276 e. The Labute approximate surface area is 136 Å². The van der Waals surface area contributed by atoms with E-state index in [-0.39, 0.29) is 0 Å². The van der Waals surface area contributed by atoms with Crippen LogP contribution < -0.4 is 0 Å². The Kier molecular flexibility index (Phi) is 5.16. The molecule has 118 valence electrons. The molecule has 22 heavy (non-hydrogen) atoms. The largest absolute Gasteiger partial charge is 0.411 e. The van der Waals surface area contributed by atoms with Crippen LogP contribution in [0.25, 0.3) is 11.5 Å². The minimum atomic E-state index is 0.621. The van der Waals surface area contributed by atoms with Crippen molar-refractivity contribution >= 4 is 11.8 Å². The molecule has 0 radical (unpaired) electrons. The highest BCUT2D eigenvalue weighted by Gasteiger charge is 2.19. The maximum absolute atomic E-state index is 5.79. The van der Waals surface area contributed by atoms with Gasteiger partial charge in [-0.1, -0.05) is 36.4 Å². The van der Waals surface area contributed by atoms with Gasteiger partial charge in [0.25, 0.3) is 5.22 Å². The van der Waals surface area contributed by atoms with Crippen molar-refractivity contribution in [1.29, 1.82) is 0 Å². The third kappa shape index (κ3) is 3.70. The number of benzene rings is 1. The molecule has 1 aromatic carbocycles. The number of nitrogens with zero attached hydrogens (tertiary/aromatic N) is 3. The Morgan fingerprint density at radius 2 is 2.14 bits per heavy atom. The molecule has 1 aliphatic heterocycles. The summed E-state index contributed by atoms with van der Waals surface area (Å²) in [5.74, 6) is 1.65. The van der Waals surface area contributed by atoms with E-state index in [4.69, 9.17) is 4.42 Å². The first-order valence-corrected chi connectivity index (χ1v) is 8.95. The van der Waals surface area contributed by atoms with Crippen LogP contribution in [0.5, 0.6) is 0 Å². The summed E-state index contributed by atoms with van der Waals surface area (Å²) in [7, 11) is 2.23. The topological polar surface area (TPSA) is 42.2 Å². The first kappa shape index (κ1) is 15.6. The molecule has 1 saturated heterocycles. The maximum Gasteiger partial charge on any atom is 0.276 e. The molecule has 0 saturated carbocycles. The molecule has 1 aromatic heterocycles. The van der Waals surface area contributed by atoms with Gasteiger partial charge in [0, 0.05) is 17.4 Å². The summed E-state index contributed by atoms with van der Waals surface area (Å²) in [5, 5.41) is 9.03. The molecular weight excluding hydrogens is 294 g/mol. The Balaban J connectivity index is 1.55. The van der Waals surface area contributed by atoms with Gasteiger partial charge in [-0.05, 0) is 51.4 Å². The lowest BCUT2D eigenvalue weighted by molar-refractivity contribution is 0.182. The van der Waals surface area contributed by atoms with Gasteiger partial charge in [-0.3, -0.25) is 0 Å². The van der Waals surface area contributed by atoms with Crippen molar-refractivity contribution in [3.8, 4) is 11.5 Å². The van der Waals surface area contributed by atoms with Gasteiger partial charge >= 0.3 is 0 Å². The third-order valence-electron chi connectivity index (χ3n) is 4.38. The number of aryl methyl sites for hydroxylation is 1. The number of thioether (sulfide) groups is 1. The molecule has 1 fully saturated rings. The zero-order valence-corrected chi connectivity index (χ0v) is 14.1. The van der Waals surface area contributed by atoms with Gasteiger partial charge in [-0.25, -0.2) is 0 Å². The fourth-order valence-electron chi connectivity index (χ4n) is 2.98. The van der Waals surface area contributed by atoms with Crippen LogP contribution in [-0.4, -0.2) is 40.5 Å². The van der Waals surface area contributed by atoms with Gasteiger partial charge < -0.3 is 9.32 Å². The summed E-state index contributed by atoms with van der Waals surface area (Å²) in [6.07, 6.45) is 5.19. The highest BCUT2D eigenvalue weighted by atomic mass is 32.2. The van der Waals surface area contributed by atoms with Gasteiger partial charge in [0.15, 0.2) is 0 Å². The van der Waals surface area contributed by atoms with Crippen LogP contribution in [0.2, 0.25) is 0 Å². The lowest BCUT2D eigenvalue weighted by Gasteiger charge is -2.32. The second-order valence-electron chi connectivity index (χ2n) is 5.96. The number of likely N-dealkylation sites (tertiary alicyclic amines) is 1. The van der Waals surface area contributed by atoms with E-state index in [1.165, 1.54) is 32.2 Å². The number of aromatic nitrogens is 2. The van der Waals surface area contributed by atoms with E-state index in [0.717, 1.165) is 16.9 Å². The molecule has 0 N–H and O–H groups in total. The van der Waals surface area contributed by atoms with Crippen molar-refractivity contribution in [3.63, 3.8) is 0 Å². The molecule has 0 aliphatic carbocycles. The molecule has 0 amide bonds. The summed E-state index contributed by atoms with van der Waals surface area (Å²) in [4.78, 5) is 2.48. The maximum atomic E-state index is 5.79. The van der Waals surface area contributed by atoms with Crippen LogP contribution >= 0.6 is 11.8 Å². The van der Waals surface area contributed by atoms with Crippen LogP contribution in [0, 0.1) is 6.92 Å². The zero-order chi connectivity index (χ0) is 15.4. The van der Waals surface area contributed by atoms with Crippen LogP contribution in [0.3, 0.4) is 0 Å². The summed E-state index contributed by atoms with van der Waals surface area (Å²) in [6.45, 7) is 3.29. The molecule has 2 heterocycles. The highest BCUT2D eigenvalue weighted by Crippen LogP contribution is 2.27. The summed E-state index contributed by atoms with van der Waals surface area (Å²) in [6, 6.07) is 8.81. The molecule has 0 bridgehead atoms. The van der Waals surface area contributed by atoms with Crippen LogP contribution in [0.15, 0.2) is 33.9 Å². The lowest BCUT2D eigenvalue weighted by atomic mass is 10.0. The van der Waals surface area contributed by atoms with E-state index in [1.54, 1.807) is 11.8 Å². The number of hydrogen-bond donors (Lipinski definition) is 0. The van der Waals surface area contributed by atoms with E-state index >= 15 is 0 Å². The third-order valence-corrected chi connectivity index (χ3v) is 5.23. The molecular formula is C17H23N3OS. The summed E-state index contributed by atoms with van der Waals surface area (Å²) >= 11 is 1.67. The fraction of sp³-hybridized carbons (Fsp3) is 0.529. The monoisotopic (exact) mass is 317 g/mol. The predicted molar refractivity (Wildman–Crippen MR) is 90.1 cm³/mol. The van der Waals surface area contributed by atoms with Crippen molar-refractivity contribution in [2.45, 2.75) is 43.9 Å². The van der Waals surface area contributed by atoms with E-state index in [1.807, 2.05) is 18.2 Å². The number of hydrogen-bond acceptors (Lipinski definition) is 5. The zero-order valence-electron chi connectivity index (χ0n) is 13.3. The van der Waals surface area contributed by atoms with E-state index in [0.29, 0.717) is 17.2 Å². The SMILES string of the molecule is Cc1ccccc1-c1nnc(SCCC2CCCCN2C)o1. The van der Waals surface area contributed by atoms with Crippen LogP contribution in [0.1, 0.15) is 31.2 Å². The van der Waals surface area contributed by atoms with Crippen LogP contribution in [-0.2, 0) is 0 Å². The first-order valence-electron chi connectivity index (χ1n) is 7.96. The molecule has 1 atom stereocenters. The average molecular weight is 317 g/mol. The second kappa shape index (κ2) is 7.29. The molecule has 5 heteroatoms. The predicted octanol–water partition coefficient (Wildman–Crippen LogP) is 4.01. The molecule has 4 nitrogen and oxygen atoms in total. The molecule has 2 aromatic rings. The van der Waals surface area contributed by atoms with Gasteiger partial charge in [-0.2, -0.15) is 0 Å². The van der Waals surface area contributed by atoms with Crippen molar-refractivity contribution in [1.82, 2.24) is 15.1 Å². The second-order valence-corrected chi connectivity index (χ2v) is 7.00. The van der Waals surface area contributed by atoms with Crippen molar-refractivity contribution in [3.05, 3.63) is 29.8 Å². The Hall–Kier alpha value is -1.33. The van der Waals surface area contributed by atoms with Crippen molar-refractivity contribution in [2.75, 3.05) is 19.3 Å². The lowest BCUT2D eigenvalue weighted by Crippen LogP contribution is -2.36. The minimum Gasteiger partial charge on any atom is -0.411 e. The normalized spacial score (nSPS) is 19.5. The summed E-state index contributed by atoms with van der Waals surface area (Å²) < 4.78 is 5.79. The van der Waals surface area contributed by atoms with E-state index in [9.17, 15) is 0 Å². The van der Waals surface area contributed by atoms with Crippen molar-refractivity contribution in [2.24, 2.45) is 0 Å². The Bertz CT molecular complexity index is 613.